The van der Waals surface area contributed by atoms with Crippen molar-refractivity contribution in [2.45, 2.75) is 73.5 Å². The van der Waals surface area contributed by atoms with E-state index in [0.29, 0.717) is 43.6 Å². The molecule has 18 rings (SSSR count). The number of carbonyl (C=O) groups excluding carboxylic acids is 4. The Balaban J connectivity index is 0.000000134. The molecule has 5 aliphatic rings. The van der Waals surface area contributed by atoms with Crippen LogP contribution in [0.1, 0.15) is 146 Å². The number of hydrogen-bond donors (Lipinski definition) is 4. The van der Waals surface area contributed by atoms with Gasteiger partial charge in [0.25, 0.3) is 14.7 Å². The minimum absolute atomic E-state index is 0.0117. The summed E-state index contributed by atoms with van der Waals surface area (Å²) in [6.45, 7) is 24.4. The normalized spacial score (nSPS) is 16.6. The fourth-order valence-corrected chi connectivity index (χ4v) is 25.0. The summed E-state index contributed by atoms with van der Waals surface area (Å²) >= 11 is 0. The van der Waals surface area contributed by atoms with Gasteiger partial charge in [0.05, 0.1) is 39.7 Å². The van der Waals surface area contributed by atoms with E-state index in [-0.39, 0.29) is 104 Å². The molecule has 0 bridgehead atoms. The van der Waals surface area contributed by atoms with Crippen molar-refractivity contribution >= 4 is 136 Å². The predicted octanol–water partition coefficient (Wildman–Crippen LogP) is 10.5. The van der Waals surface area contributed by atoms with Gasteiger partial charge in [-0.3, -0.25) is 9.13 Å². The summed E-state index contributed by atoms with van der Waals surface area (Å²) in [4.78, 5) is 59.3. The van der Waals surface area contributed by atoms with Gasteiger partial charge in [-0.05, 0) is 188 Å². The molecule has 0 saturated heterocycles. The zero-order valence-corrected chi connectivity index (χ0v) is 72.9. The average molecular weight is 1850 g/mol. The van der Waals surface area contributed by atoms with Crippen LogP contribution < -0.4 is 106 Å². The number of aromatic carboxylic acids is 3. The lowest BCUT2D eigenvalue weighted by Gasteiger charge is -2.37. The van der Waals surface area contributed by atoms with Gasteiger partial charge in [-0.25, -0.2) is 57.5 Å². The molecule has 0 aromatic heterocycles. The number of anilines is 3. The number of carboxylic acids is 3. The quantitative estimate of drug-likeness (QED) is 0.0361. The number of nitrogens with two attached hydrogens (primary N) is 3. The minimum atomic E-state index is -4.26. The van der Waals surface area contributed by atoms with Crippen LogP contribution in [0.25, 0.3) is 36.5 Å². The summed E-state index contributed by atoms with van der Waals surface area (Å²) in [6.07, 6.45) is 0. The van der Waals surface area contributed by atoms with Crippen LogP contribution in [0.2, 0.25) is 0 Å². The van der Waals surface area contributed by atoms with E-state index in [1.165, 1.54) is 91.0 Å². The molecule has 1 spiro atoms. The number of benzene rings is 13. The second kappa shape index (κ2) is 32.8. The number of nitrogen functional groups attached to an aromatic ring is 3. The van der Waals surface area contributed by atoms with Gasteiger partial charge in [0, 0.05) is 127 Å². The van der Waals surface area contributed by atoms with E-state index >= 15 is 17.6 Å². The molecule has 17 nitrogen and oxygen atoms in total. The summed E-state index contributed by atoms with van der Waals surface area (Å²) in [6, 6.07) is 44.8. The Labute approximate surface area is 737 Å². The number of fused-ring (bicyclic) bond motifs is 12. The van der Waals surface area contributed by atoms with Crippen LogP contribution in [0.15, 0.2) is 176 Å². The molecule has 0 aliphatic carbocycles. The average Bonchev–Trinajstić information content (AvgIpc) is 1.62. The predicted molar refractivity (Wildman–Crippen MR) is 466 cm³/mol. The number of carboxylic acid groups (broad SMARTS) is 3. The van der Waals surface area contributed by atoms with Crippen molar-refractivity contribution in [3.05, 3.63) is 383 Å². The molecule has 32 heteroatoms. The zero-order chi connectivity index (χ0) is 95.5. The number of rotatable bonds is 8. The number of ether oxygens (including phenoxy) is 2. The molecule has 3 atom stereocenters. The lowest BCUT2D eigenvalue weighted by atomic mass is 9.76. The third kappa shape index (κ3) is 14.6. The van der Waals surface area contributed by atoms with Gasteiger partial charge in [-0.2, -0.15) is 0 Å². The van der Waals surface area contributed by atoms with E-state index < -0.39 is 188 Å². The van der Waals surface area contributed by atoms with Crippen molar-refractivity contribution < 1.29 is 120 Å². The number of carbonyl (C=O) groups is 4. The molecule has 0 amide bonds. The standard InChI is InChI=1S/C28H19F3NO3P.C26H23F3NO4P.C23H15F3O3.C22H15F3NO4P/c1-14-8-10-18-20(12-14)36(35,17-6-4-3-5-7-17)21-13-16(32)9-11-19(21)22(18)23-24(28(33)34)27(31)26(30)15(2)25(23)29;1-12-6-8-15-17(10-12)35(33,34-26(3,4)5)18-11-14(30)7-9-16(18)19(15)20-21(25(31)32)24(29)23(28)13(2)22(20)27;1-10-4-6-13-15(8-10)28-16-9-11(2)5-7-14(16)23(13)18-17(22(27)29-23)21(26)20(25)12(3)19(18)24;1-9-3-5-12-14(7-9)31(29,30)15-8-11(26)4-6-13(15)16(12)17-18(22(27)28)21(25)20(24)10(2)19(17)23/h3-13H,1,32H2,2H3,(H,33,34);6-11H,1,30H2,2-5H3,(H,31,32);4-9H,1-3H3;3-8H,1,26H2,2H3,(H,27,28)(H,29,30)/p-3. The minimum Gasteiger partial charge on any atom is -0.545 e. The Morgan fingerprint density at radius 1 is 0.405 bits per heavy atom. The highest BCUT2D eigenvalue weighted by Gasteiger charge is 2.58. The highest BCUT2D eigenvalue weighted by Crippen LogP contribution is 2.59. The van der Waals surface area contributed by atoms with Gasteiger partial charge in [0.2, 0.25) is 0 Å². The van der Waals surface area contributed by atoms with Gasteiger partial charge in [-0.15, -0.1) is 0 Å². The number of aryl methyl sites for hydroxylation is 2. The van der Waals surface area contributed by atoms with Gasteiger partial charge >= 0.3 is 5.97 Å². The first-order valence-electron chi connectivity index (χ1n) is 39.5. The summed E-state index contributed by atoms with van der Waals surface area (Å²) in [5.41, 5.74) is 8.45. The third-order valence-corrected chi connectivity index (χ3v) is 30.9. The van der Waals surface area contributed by atoms with Crippen LogP contribution in [-0.2, 0) is 28.6 Å². The third-order valence-electron chi connectivity index (χ3n) is 22.9. The van der Waals surface area contributed by atoms with Crippen molar-refractivity contribution in [3.8, 4) is 11.5 Å². The molecule has 0 fully saturated rings. The monoisotopic (exact) mass is 1840 g/mol. The van der Waals surface area contributed by atoms with Gasteiger partial charge in [0.15, 0.2) is 59.3 Å². The molecule has 5 heterocycles. The second-order valence-electron chi connectivity index (χ2n) is 32.6. The van der Waals surface area contributed by atoms with Gasteiger partial charge in [-0.1, -0.05) is 129 Å². The van der Waals surface area contributed by atoms with Crippen molar-refractivity contribution in [1.29, 1.82) is 0 Å². The molecule has 13 aromatic carbocycles. The Bertz CT molecular complexity index is 7870. The second-order valence-corrected chi connectivity index (χ2v) is 39.7. The summed E-state index contributed by atoms with van der Waals surface area (Å²) in [5.74, 6) is -24.6. The SMILES string of the molecule is C=c1ccc2c(c1)P(=O)(O)c1cc(N)ccc1C=2c1c(F)c(C)c(F)c(F)c1C(=O)[O-].C=c1ccc2c(c1)P(=O)(OC(C)(C)C)c1cc(N)ccc1C=2c1c(F)c(C)c(F)c(F)c1C(=O)[O-].C=c1ccc2c(c1)P(=O)(c1ccccc1)c1cc(N)ccc1C=2c1c(F)c(C)c(F)c(F)c1C(=O)[O-].Cc1ccc2c(c1)Oc1cc(C)ccc1C21OC(=O)c2c(F)c(F)c(C)c(F)c21. The number of esters is 1. The molecule has 7 N–H and O–H groups in total. The fraction of sp³-hybridized carbons (Fsp3) is 0.111. The molecule has 13 aromatic rings. The maximum atomic E-state index is 15.7. The van der Waals surface area contributed by atoms with Gasteiger partial charge in [0.1, 0.15) is 40.3 Å². The maximum Gasteiger partial charge on any atom is 0.343 e. The van der Waals surface area contributed by atoms with E-state index in [2.05, 4.69) is 19.7 Å². The molecule has 131 heavy (non-hydrogen) atoms. The first-order chi connectivity index (χ1) is 61.5. The van der Waals surface area contributed by atoms with Crippen LogP contribution in [-0.4, -0.2) is 34.4 Å². The lowest BCUT2D eigenvalue weighted by molar-refractivity contribution is -0.256. The summed E-state index contributed by atoms with van der Waals surface area (Å²) in [5, 5.41) is 38.1. The van der Waals surface area contributed by atoms with E-state index in [1.807, 2.05) is 13.8 Å². The molecule has 0 saturated carbocycles. The van der Waals surface area contributed by atoms with Crippen LogP contribution in [0, 0.1) is 111 Å². The molecule has 5 aliphatic heterocycles. The van der Waals surface area contributed by atoms with Crippen LogP contribution >= 0.6 is 21.9 Å². The molecule has 0 radical (unpaired) electrons. The van der Waals surface area contributed by atoms with Crippen molar-refractivity contribution in [2.75, 3.05) is 17.2 Å². The van der Waals surface area contributed by atoms with Crippen molar-refractivity contribution in [3.63, 3.8) is 0 Å². The summed E-state index contributed by atoms with van der Waals surface area (Å²) in [7, 11) is -11.8. The highest BCUT2D eigenvalue weighted by molar-refractivity contribution is 7.85. The first-order valence-corrected chi connectivity index (χ1v) is 44.4. The Hall–Kier alpha value is -14.1. The largest absolute Gasteiger partial charge is 0.545 e. The van der Waals surface area contributed by atoms with Crippen molar-refractivity contribution in [1.82, 2.24) is 0 Å². The van der Waals surface area contributed by atoms with E-state index in [1.54, 1.807) is 106 Å². The van der Waals surface area contributed by atoms with E-state index in [0.717, 1.165) is 38.8 Å². The lowest BCUT2D eigenvalue weighted by Crippen LogP contribution is -2.43. The van der Waals surface area contributed by atoms with Crippen LogP contribution in [0.5, 0.6) is 11.5 Å². The zero-order valence-electron chi connectivity index (χ0n) is 70.2. The smallest absolute Gasteiger partial charge is 0.343 e. The fourth-order valence-electron chi connectivity index (χ4n) is 17.0. The van der Waals surface area contributed by atoms with E-state index in [9.17, 15) is 88.2 Å². The Morgan fingerprint density at radius 2 is 0.763 bits per heavy atom. The highest BCUT2D eigenvalue weighted by atomic mass is 31.2. The summed E-state index contributed by atoms with van der Waals surface area (Å²) < 4.78 is 239. The molecule has 3 unspecified atom stereocenters. The molecular weight excluding hydrogens is 1780 g/mol. The van der Waals surface area contributed by atoms with Crippen LogP contribution in [0.4, 0.5) is 69.7 Å². The van der Waals surface area contributed by atoms with Crippen LogP contribution in [0.3, 0.4) is 0 Å². The van der Waals surface area contributed by atoms with Crippen molar-refractivity contribution in [2.24, 2.45) is 0 Å². The van der Waals surface area contributed by atoms with Gasteiger partial charge < -0.3 is 70.4 Å². The number of halogens is 12. The molecule has 666 valence electrons. The molecular formula is C99H69F12N3O14P3-3. The van der Waals surface area contributed by atoms with E-state index in [4.69, 9.17) is 31.2 Å². The Morgan fingerprint density at radius 3 is 1.18 bits per heavy atom. The first kappa shape index (κ1) is 91.7. The Kier molecular flexibility index (Phi) is 23.0. The number of hydrogen-bond acceptors (Lipinski definition) is 16. The topological polar surface area (TPSA) is 315 Å². The maximum absolute atomic E-state index is 15.7.